The number of ether oxygens (including phenoxy) is 1. The van der Waals surface area contributed by atoms with Gasteiger partial charge in [0.05, 0.1) is 0 Å². The quantitative estimate of drug-likeness (QED) is 0.776. The number of aromatic nitrogens is 2. The summed E-state index contributed by atoms with van der Waals surface area (Å²) >= 11 is 7.50. The number of nitrogens with zero attached hydrogens (tertiary/aromatic N) is 2. The summed E-state index contributed by atoms with van der Waals surface area (Å²) in [6.07, 6.45) is -0.529. The van der Waals surface area contributed by atoms with E-state index < -0.39 is 17.7 Å². The highest BCUT2D eigenvalue weighted by Crippen LogP contribution is 2.26. The van der Waals surface area contributed by atoms with Gasteiger partial charge in [-0.15, -0.1) is 10.2 Å². The third-order valence-electron chi connectivity index (χ3n) is 2.83. The first-order chi connectivity index (χ1) is 11.2. The fraction of sp³-hybridized carbons (Fsp3) is 0.438. The van der Waals surface area contributed by atoms with Gasteiger partial charge in [0.1, 0.15) is 11.6 Å². The molecule has 1 N–H and O–H groups in total. The Bertz CT molecular complexity index is 700. The number of amides is 1. The summed E-state index contributed by atoms with van der Waals surface area (Å²) in [6, 6.07) is 7.14. The van der Waals surface area contributed by atoms with Gasteiger partial charge in [0, 0.05) is 10.8 Å². The van der Waals surface area contributed by atoms with Crippen molar-refractivity contribution in [2.24, 2.45) is 0 Å². The summed E-state index contributed by atoms with van der Waals surface area (Å²) in [6.45, 7) is 7.15. The number of hydrogen-bond acceptors (Lipinski definition) is 6. The van der Waals surface area contributed by atoms with Crippen LogP contribution in [-0.4, -0.2) is 21.9 Å². The second-order valence-electron chi connectivity index (χ2n) is 6.15. The van der Waals surface area contributed by atoms with Gasteiger partial charge in [-0.2, -0.15) is 0 Å². The average Bonchev–Trinajstić information content (AvgIpc) is 2.93. The fourth-order valence-electron chi connectivity index (χ4n) is 1.75. The molecule has 8 heteroatoms. The van der Waals surface area contributed by atoms with Crippen LogP contribution in [0.1, 0.15) is 45.2 Å². The third-order valence-corrected chi connectivity index (χ3v) is 4.07. The van der Waals surface area contributed by atoms with Crippen LogP contribution in [0.5, 0.6) is 0 Å². The van der Waals surface area contributed by atoms with Crippen LogP contribution in [0.25, 0.3) is 0 Å². The zero-order valence-electron chi connectivity index (χ0n) is 14.0. The Hall–Kier alpha value is -1.73. The van der Waals surface area contributed by atoms with E-state index in [1.807, 2.05) is 24.3 Å². The van der Waals surface area contributed by atoms with Crippen LogP contribution in [0.3, 0.4) is 0 Å². The van der Waals surface area contributed by atoms with Crippen LogP contribution in [0.4, 0.5) is 4.79 Å². The van der Waals surface area contributed by atoms with Gasteiger partial charge in [0.15, 0.2) is 0 Å². The van der Waals surface area contributed by atoms with Crippen molar-refractivity contribution in [1.29, 1.82) is 0 Å². The molecular formula is C16H20ClN3O3S. The van der Waals surface area contributed by atoms with Crippen molar-refractivity contribution in [3.05, 3.63) is 40.7 Å². The van der Waals surface area contributed by atoms with Gasteiger partial charge >= 0.3 is 6.09 Å². The number of alkyl carbamates (subject to hydrolysis) is 1. The van der Waals surface area contributed by atoms with Crippen LogP contribution in [0.15, 0.2) is 33.9 Å². The van der Waals surface area contributed by atoms with Crippen LogP contribution < -0.4 is 5.32 Å². The third kappa shape index (κ3) is 5.72. The van der Waals surface area contributed by atoms with Crippen molar-refractivity contribution >= 4 is 29.5 Å². The second-order valence-corrected chi connectivity index (χ2v) is 7.49. The van der Waals surface area contributed by atoms with E-state index in [-0.39, 0.29) is 0 Å². The zero-order chi connectivity index (χ0) is 17.7. The second kappa shape index (κ2) is 7.90. The van der Waals surface area contributed by atoms with Crippen molar-refractivity contribution in [3.63, 3.8) is 0 Å². The van der Waals surface area contributed by atoms with Gasteiger partial charge in [-0.05, 0) is 39.3 Å². The molecule has 0 aliphatic rings. The lowest BCUT2D eigenvalue weighted by Gasteiger charge is -2.20. The Morgan fingerprint density at radius 3 is 2.75 bits per heavy atom. The number of carbonyl (C=O) groups is 1. The van der Waals surface area contributed by atoms with Gasteiger partial charge in [0.25, 0.3) is 5.22 Å². The maximum absolute atomic E-state index is 11.8. The molecular weight excluding hydrogens is 350 g/mol. The normalized spacial score (nSPS) is 12.7. The van der Waals surface area contributed by atoms with Gasteiger partial charge < -0.3 is 14.5 Å². The van der Waals surface area contributed by atoms with E-state index in [4.69, 9.17) is 20.8 Å². The van der Waals surface area contributed by atoms with Crippen LogP contribution in [-0.2, 0) is 10.5 Å². The molecule has 0 fully saturated rings. The van der Waals surface area contributed by atoms with Crippen molar-refractivity contribution < 1.29 is 13.9 Å². The summed E-state index contributed by atoms with van der Waals surface area (Å²) in [4.78, 5) is 11.8. The fourth-order valence-corrected chi connectivity index (χ4v) is 2.81. The van der Waals surface area contributed by atoms with Gasteiger partial charge in [-0.25, -0.2) is 4.79 Å². The number of hydrogen-bond donors (Lipinski definition) is 1. The highest BCUT2D eigenvalue weighted by Gasteiger charge is 2.21. The number of halogens is 1. The molecule has 1 unspecified atom stereocenters. The summed E-state index contributed by atoms with van der Waals surface area (Å²) in [7, 11) is 0. The molecule has 1 amide bonds. The number of benzene rings is 1. The molecule has 1 aromatic heterocycles. The first kappa shape index (κ1) is 18.6. The summed E-state index contributed by atoms with van der Waals surface area (Å²) in [5.41, 5.74) is 0.429. The highest BCUT2D eigenvalue weighted by atomic mass is 35.5. The molecule has 1 aromatic carbocycles. The zero-order valence-corrected chi connectivity index (χ0v) is 15.6. The van der Waals surface area contributed by atoms with E-state index in [9.17, 15) is 4.79 Å². The molecule has 6 nitrogen and oxygen atoms in total. The van der Waals surface area contributed by atoms with Gasteiger partial charge in [0.2, 0.25) is 5.89 Å². The largest absolute Gasteiger partial charge is 0.444 e. The first-order valence-corrected chi connectivity index (χ1v) is 8.80. The molecule has 130 valence electrons. The Kier molecular flexibility index (Phi) is 6.12. The summed E-state index contributed by atoms with van der Waals surface area (Å²) in [5, 5.41) is 11.7. The molecule has 24 heavy (non-hydrogen) atoms. The molecule has 0 bridgehead atoms. The van der Waals surface area contributed by atoms with Crippen molar-refractivity contribution in [2.45, 2.75) is 50.3 Å². The minimum atomic E-state index is -0.561. The molecule has 1 heterocycles. The maximum atomic E-state index is 11.8. The number of thioether (sulfide) groups is 1. The Balaban J connectivity index is 1.90. The molecule has 0 aliphatic heterocycles. The van der Waals surface area contributed by atoms with Gasteiger partial charge in [-0.3, -0.25) is 0 Å². The lowest BCUT2D eigenvalue weighted by Crippen LogP contribution is -2.34. The van der Waals surface area contributed by atoms with Crippen molar-refractivity contribution in [1.82, 2.24) is 15.5 Å². The SMILES string of the molecule is CC(NC(=O)OC(C)(C)C)c1nnc(SCc2ccccc2Cl)o1. The van der Waals surface area contributed by atoms with E-state index in [1.165, 1.54) is 11.8 Å². The maximum Gasteiger partial charge on any atom is 0.408 e. The topological polar surface area (TPSA) is 77.2 Å². The van der Waals surface area contributed by atoms with Crippen molar-refractivity contribution in [3.8, 4) is 0 Å². The predicted octanol–water partition coefficient (Wildman–Crippen LogP) is 4.60. The first-order valence-electron chi connectivity index (χ1n) is 7.44. The number of rotatable bonds is 5. The molecule has 1 atom stereocenters. The average molecular weight is 370 g/mol. The number of nitrogens with one attached hydrogen (secondary N) is 1. The molecule has 0 aliphatic carbocycles. The molecule has 2 rings (SSSR count). The van der Waals surface area contributed by atoms with Crippen LogP contribution in [0.2, 0.25) is 5.02 Å². The molecule has 2 aromatic rings. The minimum Gasteiger partial charge on any atom is -0.444 e. The standard InChI is InChI=1S/C16H20ClN3O3S/c1-10(18-14(21)23-16(2,3)4)13-19-20-15(22-13)24-9-11-7-5-6-8-12(11)17/h5-8,10H,9H2,1-4H3,(H,18,21). The molecule has 0 saturated carbocycles. The lowest BCUT2D eigenvalue weighted by molar-refractivity contribution is 0.0500. The molecule has 0 saturated heterocycles. The predicted molar refractivity (Wildman–Crippen MR) is 93.1 cm³/mol. The Morgan fingerprint density at radius 2 is 2.08 bits per heavy atom. The van der Waals surface area contributed by atoms with E-state index in [0.717, 1.165) is 5.56 Å². The molecule has 0 radical (unpaired) electrons. The smallest absolute Gasteiger partial charge is 0.408 e. The van der Waals surface area contributed by atoms with Gasteiger partial charge in [-0.1, -0.05) is 41.6 Å². The Morgan fingerprint density at radius 1 is 1.38 bits per heavy atom. The summed E-state index contributed by atoms with van der Waals surface area (Å²) in [5.74, 6) is 0.942. The monoisotopic (exact) mass is 369 g/mol. The van der Waals surface area contributed by atoms with E-state index in [1.54, 1.807) is 27.7 Å². The van der Waals surface area contributed by atoms with Crippen LogP contribution >= 0.6 is 23.4 Å². The van der Waals surface area contributed by atoms with E-state index in [2.05, 4.69) is 15.5 Å². The Labute approximate surface area is 150 Å². The van der Waals surface area contributed by atoms with Crippen molar-refractivity contribution in [2.75, 3.05) is 0 Å². The van der Waals surface area contributed by atoms with E-state index >= 15 is 0 Å². The highest BCUT2D eigenvalue weighted by molar-refractivity contribution is 7.98. The van der Waals surface area contributed by atoms with Crippen LogP contribution in [0, 0.1) is 0 Å². The van der Waals surface area contributed by atoms with E-state index in [0.29, 0.717) is 21.9 Å². The number of carbonyl (C=O) groups excluding carboxylic acids is 1. The lowest BCUT2D eigenvalue weighted by atomic mass is 10.2. The summed E-state index contributed by atoms with van der Waals surface area (Å²) < 4.78 is 10.8. The minimum absolute atomic E-state index is 0.322. The molecule has 0 spiro atoms.